The molecule has 0 bridgehead atoms. The van der Waals surface area contributed by atoms with Gasteiger partial charge >= 0.3 is 5.97 Å². The molecular weight excluding hydrogens is 1620 g/mol. The maximum absolute atomic E-state index is 15.4. The minimum Gasteiger partial charge on any atom is -0.508 e. The number of carboxylic acid groups (broad SMARTS) is 1. The molecule has 27 N–H and O–H groups in total. The lowest BCUT2D eigenvalue weighted by Crippen LogP contribution is -2.63. The van der Waals surface area contributed by atoms with E-state index in [9.17, 15) is 83.1 Å². The number of carbonyl (C=O) groups excluding carboxylic acids is 14. The number of nitrogens with one attached hydrogen (secondary N) is 14. The van der Waals surface area contributed by atoms with Crippen LogP contribution in [0.25, 0.3) is 10.9 Å². The number of aliphatic hydroxyl groups is 3. The molecular formula is C82H108N18O20S2. The van der Waals surface area contributed by atoms with Crippen LogP contribution < -0.4 is 92.1 Å². The largest absolute Gasteiger partial charge is 0.508 e. The minimum atomic E-state index is -2.00. The van der Waals surface area contributed by atoms with E-state index in [1.54, 1.807) is 121 Å². The molecule has 122 heavy (non-hydrogen) atoms. The van der Waals surface area contributed by atoms with E-state index in [2.05, 4.69) is 74.1 Å². The lowest BCUT2D eigenvalue weighted by Gasteiger charge is -2.29. The van der Waals surface area contributed by atoms with Gasteiger partial charge < -0.3 is 123 Å². The first-order valence-electron chi connectivity index (χ1n) is 39.6. The van der Waals surface area contributed by atoms with Gasteiger partial charge in [0.1, 0.15) is 78.3 Å². The van der Waals surface area contributed by atoms with Crippen molar-refractivity contribution in [3.05, 3.63) is 174 Å². The monoisotopic (exact) mass is 1730 g/mol. The van der Waals surface area contributed by atoms with Gasteiger partial charge in [-0.3, -0.25) is 67.1 Å². The van der Waals surface area contributed by atoms with Gasteiger partial charge in [0, 0.05) is 54.3 Å². The van der Waals surface area contributed by atoms with Gasteiger partial charge in [-0.1, -0.05) is 143 Å². The molecule has 40 heteroatoms. The van der Waals surface area contributed by atoms with Crippen molar-refractivity contribution in [1.82, 2.24) is 74.1 Å². The summed E-state index contributed by atoms with van der Waals surface area (Å²) in [5.74, 6) is -18.1. The first-order chi connectivity index (χ1) is 58.3. The van der Waals surface area contributed by atoms with Gasteiger partial charge in [-0.2, -0.15) is 0 Å². The molecule has 14 amide bonds. The van der Waals surface area contributed by atoms with Gasteiger partial charge in [0.2, 0.25) is 82.7 Å². The van der Waals surface area contributed by atoms with Crippen molar-refractivity contribution in [3.63, 3.8) is 0 Å². The number of hydrogen-bond acceptors (Lipinski definition) is 24. The molecule has 0 radical (unpaired) electrons. The van der Waals surface area contributed by atoms with E-state index in [1.165, 1.54) is 24.3 Å². The Morgan fingerprint density at radius 2 is 0.869 bits per heavy atom. The number of nitrogens with two attached hydrogens (primary N) is 4. The summed E-state index contributed by atoms with van der Waals surface area (Å²) in [6.07, 6.45) is -3.67. The maximum atomic E-state index is 15.4. The molecule has 0 unspecified atom stereocenters. The molecule has 15 atom stereocenters. The second kappa shape index (κ2) is 49.6. The lowest BCUT2D eigenvalue weighted by molar-refractivity contribution is -0.142. The van der Waals surface area contributed by atoms with Crippen LogP contribution in [0.3, 0.4) is 0 Å². The number of phenols is 1. The molecule has 658 valence electrons. The second-order valence-corrected chi connectivity index (χ2v) is 31.8. The molecule has 1 fully saturated rings. The van der Waals surface area contributed by atoms with Crippen molar-refractivity contribution >= 4 is 121 Å². The van der Waals surface area contributed by atoms with Crippen molar-refractivity contribution in [2.75, 3.05) is 37.7 Å². The number of fused-ring (bicyclic) bond motifs is 1. The van der Waals surface area contributed by atoms with Crippen LogP contribution in [0.5, 0.6) is 5.75 Å². The smallest absolute Gasteiger partial charge is 0.327 e. The molecule has 6 aromatic rings. The molecule has 5 aromatic carbocycles. The number of H-pyrrole nitrogens is 1. The average Bonchev–Trinajstić information content (AvgIpc) is 1.67. The molecule has 1 aliphatic heterocycles. The summed E-state index contributed by atoms with van der Waals surface area (Å²) in [6, 6.07) is 14.9. The molecule has 0 spiro atoms. The zero-order chi connectivity index (χ0) is 89.0. The maximum Gasteiger partial charge on any atom is 0.327 e. The third kappa shape index (κ3) is 31.5. The predicted octanol–water partition coefficient (Wildman–Crippen LogP) is -3.99. The van der Waals surface area contributed by atoms with E-state index in [0.717, 1.165) is 24.6 Å². The van der Waals surface area contributed by atoms with E-state index in [-0.39, 0.29) is 83.0 Å². The number of primary amides is 1. The molecule has 0 aliphatic carbocycles. The summed E-state index contributed by atoms with van der Waals surface area (Å²) in [5, 5.41) is 86.2. The van der Waals surface area contributed by atoms with Crippen molar-refractivity contribution < 1.29 is 97.5 Å². The zero-order valence-electron chi connectivity index (χ0n) is 67.2. The molecule has 7 rings (SSSR count). The third-order valence-electron chi connectivity index (χ3n) is 19.6. The van der Waals surface area contributed by atoms with Crippen molar-refractivity contribution in [2.24, 2.45) is 22.9 Å². The summed E-state index contributed by atoms with van der Waals surface area (Å²) in [5.41, 5.74) is 26.7. The minimum absolute atomic E-state index is 0.0363. The number of phenolic OH excluding ortho intramolecular Hbond substituents is 1. The number of rotatable bonds is 28. The van der Waals surface area contributed by atoms with E-state index in [4.69, 9.17) is 22.9 Å². The first-order valence-corrected chi connectivity index (χ1v) is 42.1. The standard InChI is InChI=1S/C82H108N18O20S2/c1-45(102)68-80(117)96-60(37-49-22-10-5-11-23-49)77(114)100-69(46(2)103)81(118)97-63(42-101)78(115)98-65(82(119)120)44-122-121-43-64(89-67(106)41-88-70(107)54(85)34-50-28-30-52(104)31-29-50)79(116)91-56(26-14-16-32-83)71(108)95-62(39-66(86)105)76(113)93-58(35-47-18-6-3-7-19-47)73(110)92-59(36-48-20-8-4-9-21-48)74(111)94-61(38-51-40-87-55-25-13-12-24-53(51)55)75(112)90-57(72(109)99-68)27-15-17-33-84/h3-13,18-25,28-31,40,45-46,54,56-65,68-69,87,101-104H,14-17,26-27,32-39,41-44,83-85H2,1-2H3,(H2,86,105)(H,88,107)(H,89,106)(H,90,112)(H,91,116)(H,92,110)(H,93,113)(H,94,111)(H,95,108)(H,96,117)(H,97,118)(H,98,115)(H,99,109)(H,100,114)(H,119,120)/t45-,46-,54+,56+,57+,58+,59+,60+,61-,62+,63+,64+,65+,68+,69+/m1/s1. The summed E-state index contributed by atoms with van der Waals surface area (Å²) in [7, 11) is 1.46. The van der Waals surface area contributed by atoms with Crippen LogP contribution >= 0.6 is 21.6 Å². The summed E-state index contributed by atoms with van der Waals surface area (Å²) in [4.78, 5) is 219. The fraction of sp³-hybridized carbons (Fsp3) is 0.427. The summed E-state index contributed by atoms with van der Waals surface area (Å²) >= 11 is 0. The molecule has 1 aliphatic rings. The topological polar surface area (TPSA) is 633 Å². The van der Waals surface area contributed by atoms with Crippen LogP contribution in [0, 0.1) is 0 Å². The van der Waals surface area contributed by atoms with E-state index >= 15 is 14.4 Å². The van der Waals surface area contributed by atoms with Crippen molar-refractivity contribution in [2.45, 2.75) is 182 Å². The average molecular weight is 1730 g/mol. The number of aromatic nitrogens is 1. The number of para-hydroxylation sites is 1. The Balaban J connectivity index is 1.30. The Bertz CT molecular complexity index is 4540. The van der Waals surface area contributed by atoms with Gasteiger partial charge in [-0.25, -0.2) is 4.79 Å². The fourth-order valence-electron chi connectivity index (χ4n) is 12.9. The summed E-state index contributed by atoms with van der Waals surface area (Å²) < 4.78 is 0. The number of aromatic hydroxyl groups is 1. The number of amides is 14. The van der Waals surface area contributed by atoms with Crippen molar-refractivity contribution in [1.29, 1.82) is 0 Å². The van der Waals surface area contributed by atoms with Crippen LogP contribution in [0.15, 0.2) is 146 Å². The third-order valence-corrected chi connectivity index (χ3v) is 22.0. The van der Waals surface area contributed by atoms with Crippen molar-refractivity contribution in [3.8, 4) is 5.75 Å². The number of hydrogen-bond donors (Lipinski definition) is 23. The fourth-order valence-corrected chi connectivity index (χ4v) is 15.2. The SMILES string of the molecule is C[C@@H](O)[C@@H]1NC(=O)[C@H](Cc2ccccc2)NC(=O)[C@H]([C@@H](C)O)NC(=O)[C@H](CCCCN)NC(=O)[C@@H](Cc2c[nH]c3ccccc23)NC(=O)[C@H](Cc2ccccc2)NC(=O)[C@H](Cc2ccccc2)NC(=O)[C@H](CC(N)=O)NC(=O)[C@H](CCCCN)NC(=O)[C@@H](NC(=O)CNC(=O)[C@@H](N)Cc2ccc(O)cc2)CSSC[C@@H](C(=O)O)NC(=O)[C@H](CO)NC1=O. The highest BCUT2D eigenvalue weighted by Gasteiger charge is 2.40. The Hall–Kier alpha value is -12.0. The lowest BCUT2D eigenvalue weighted by atomic mass is 10.00. The highest BCUT2D eigenvalue weighted by Crippen LogP contribution is 2.25. The Kier molecular flexibility index (Phi) is 39.5. The Morgan fingerprint density at radius 3 is 1.34 bits per heavy atom. The van der Waals surface area contributed by atoms with E-state index < -0.39 is 210 Å². The van der Waals surface area contributed by atoms with E-state index in [0.29, 0.717) is 55.9 Å². The number of aliphatic carboxylic acids is 1. The predicted molar refractivity (Wildman–Crippen MR) is 451 cm³/mol. The number of unbranched alkanes of at least 4 members (excludes halogenated alkanes) is 2. The van der Waals surface area contributed by atoms with Crippen LogP contribution in [0.1, 0.15) is 86.6 Å². The van der Waals surface area contributed by atoms with Gasteiger partial charge in [-0.05, 0) is 118 Å². The number of aliphatic hydroxyl groups excluding tert-OH is 3. The van der Waals surface area contributed by atoms with Crippen LogP contribution in [0.4, 0.5) is 0 Å². The Labute approximate surface area is 710 Å². The number of carboxylic acids is 1. The summed E-state index contributed by atoms with van der Waals surface area (Å²) in [6.45, 7) is 0.429. The van der Waals surface area contributed by atoms with E-state index in [1.807, 2.05) is 0 Å². The van der Waals surface area contributed by atoms with Gasteiger partial charge in [-0.15, -0.1) is 0 Å². The molecule has 38 nitrogen and oxygen atoms in total. The van der Waals surface area contributed by atoms with Crippen LogP contribution in [0.2, 0.25) is 0 Å². The Morgan fingerprint density at radius 1 is 0.467 bits per heavy atom. The number of aromatic amines is 1. The molecule has 1 aromatic heterocycles. The number of carbonyl (C=O) groups is 15. The second-order valence-electron chi connectivity index (χ2n) is 29.3. The van der Waals surface area contributed by atoms with Crippen LogP contribution in [-0.4, -0.2) is 248 Å². The molecule has 2 heterocycles. The first kappa shape index (κ1) is 97.1. The number of benzene rings is 5. The molecule has 0 saturated carbocycles. The van der Waals surface area contributed by atoms with Crippen LogP contribution in [-0.2, 0) is 104 Å². The van der Waals surface area contributed by atoms with Gasteiger partial charge in [0.15, 0.2) is 0 Å². The van der Waals surface area contributed by atoms with Gasteiger partial charge in [0.25, 0.3) is 0 Å². The normalized spacial score (nSPS) is 23.0. The molecule has 1 saturated heterocycles. The zero-order valence-corrected chi connectivity index (χ0v) is 68.9. The quantitative estimate of drug-likeness (QED) is 0.0164. The van der Waals surface area contributed by atoms with Gasteiger partial charge in [0.05, 0.1) is 37.8 Å². The highest BCUT2D eigenvalue weighted by atomic mass is 33.1. The highest BCUT2D eigenvalue weighted by molar-refractivity contribution is 8.76.